The Balaban J connectivity index is 1.93. The number of rotatable bonds is 5. The van der Waals surface area contributed by atoms with Crippen molar-refractivity contribution in [1.29, 1.82) is 0 Å². The predicted molar refractivity (Wildman–Crippen MR) is 82.2 cm³/mol. The minimum atomic E-state index is -0.437. The molecule has 1 N–H and O–H groups in total. The van der Waals surface area contributed by atoms with Crippen LogP contribution >= 0.6 is 0 Å². The first-order chi connectivity index (χ1) is 9.70. The Morgan fingerprint density at radius 1 is 1.20 bits per heavy atom. The summed E-state index contributed by atoms with van der Waals surface area (Å²) < 4.78 is 5.36. The van der Waals surface area contributed by atoms with Crippen molar-refractivity contribution in [1.82, 2.24) is 4.90 Å². The molecule has 1 unspecified atom stereocenters. The maximum Gasteiger partial charge on any atom is 0.124 e. The molecule has 112 valence electrons. The fourth-order valence-electron chi connectivity index (χ4n) is 2.93. The summed E-state index contributed by atoms with van der Waals surface area (Å²) in [5.74, 6) is 0.791. The van der Waals surface area contributed by atoms with Gasteiger partial charge >= 0.3 is 0 Å². The molecule has 0 amide bonds. The number of aliphatic hydroxyl groups is 1. The Morgan fingerprint density at radius 2 is 1.90 bits per heavy atom. The maximum atomic E-state index is 10.5. The molecule has 1 heterocycles. The lowest BCUT2D eigenvalue weighted by atomic mass is 10.0. The standard InChI is InChI=1S/C17H27NO2/c1-14-7-8-17(20-2)15(13-14)16(19)9-12-18-10-5-3-4-6-11-18/h7-8,13,16,19H,3-6,9-12H2,1-2H3. The second-order valence-corrected chi connectivity index (χ2v) is 5.81. The van der Waals surface area contributed by atoms with Crippen molar-refractivity contribution >= 4 is 0 Å². The molecular formula is C17H27NO2. The second-order valence-electron chi connectivity index (χ2n) is 5.81. The number of hydrogen-bond acceptors (Lipinski definition) is 3. The van der Waals surface area contributed by atoms with Crippen LogP contribution in [0.3, 0.4) is 0 Å². The highest BCUT2D eigenvalue weighted by Crippen LogP contribution is 2.28. The van der Waals surface area contributed by atoms with Crippen molar-refractivity contribution < 1.29 is 9.84 Å². The third-order valence-electron chi connectivity index (χ3n) is 4.16. The van der Waals surface area contributed by atoms with E-state index in [1.54, 1.807) is 7.11 Å². The lowest BCUT2D eigenvalue weighted by Crippen LogP contribution is -2.27. The van der Waals surface area contributed by atoms with E-state index in [-0.39, 0.29) is 0 Å². The lowest BCUT2D eigenvalue weighted by molar-refractivity contribution is 0.140. The van der Waals surface area contributed by atoms with Gasteiger partial charge in [-0.2, -0.15) is 0 Å². The fourth-order valence-corrected chi connectivity index (χ4v) is 2.93. The van der Waals surface area contributed by atoms with Crippen LogP contribution in [0.2, 0.25) is 0 Å². The summed E-state index contributed by atoms with van der Waals surface area (Å²) >= 11 is 0. The van der Waals surface area contributed by atoms with Crippen molar-refractivity contribution in [3.63, 3.8) is 0 Å². The van der Waals surface area contributed by atoms with Crippen molar-refractivity contribution in [3.05, 3.63) is 29.3 Å². The Bertz CT molecular complexity index is 411. The van der Waals surface area contributed by atoms with Crippen LogP contribution in [0, 0.1) is 6.92 Å². The van der Waals surface area contributed by atoms with Gasteiger partial charge in [0.05, 0.1) is 13.2 Å². The van der Waals surface area contributed by atoms with Gasteiger partial charge in [-0.1, -0.05) is 24.5 Å². The normalized spacial score (nSPS) is 18.6. The number of aliphatic hydroxyl groups excluding tert-OH is 1. The van der Waals surface area contributed by atoms with Crippen LogP contribution in [-0.2, 0) is 0 Å². The van der Waals surface area contributed by atoms with Crippen molar-refractivity contribution in [3.8, 4) is 5.75 Å². The number of ether oxygens (including phenoxy) is 1. The van der Waals surface area contributed by atoms with Gasteiger partial charge in [0.25, 0.3) is 0 Å². The molecule has 0 bridgehead atoms. The first-order valence-electron chi connectivity index (χ1n) is 7.75. The molecule has 1 saturated heterocycles. The number of hydrogen-bond donors (Lipinski definition) is 1. The summed E-state index contributed by atoms with van der Waals surface area (Å²) in [6.45, 7) is 5.37. The van der Waals surface area contributed by atoms with E-state index >= 15 is 0 Å². The minimum absolute atomic E-state index is 0.437. The lowest BCUT2D eigenvalue weighted by Gasteiger charge is -2.22. The molecule has 20 heavy (non-hydrogen) atoms. The van der Waals surface area contributed by atoms with E-state index in [1.165, 1.54) is 38.8 Å². The Morgan fingerprint density at radius 3 is 2.55 bits per heavy atom. The molecule has 1 atom stereocenters. The van der Waals surface area contributed by atoms with Crippen molar-refractivity contribution in [2.75, 3.05) is 26.7 Å². The Labute approximate surface area is 122 Å². The zero-order chi connectivity index (χ0) is 14.4. The molecule has 0 saturated carbocycles. The number of aryl methyl sites for hydroxylation is 1. The zero-order valence-electron chi connectivity index (χ0n) is 12.8. The smallest absolute Gasteiger partial charge is 0.124 e. The third-order valence-corrected chi connectivity index (χ3v) is 4.16. The molecular weight excluding hydrogens is 250 g/mol. The predicted octanol–water partition coefficient (Wildman–Crippen LogP) is 3.30. The summed E-state index contributed by atoms with van der Waals surface area (Å²) in [5, 5.41) is 10.5. The maximum absolute atomic E-state index is 10.5. The van der Waals surface area contributed by atoms with Crippen LogP contribution in [0.1, 0.15) is 49.3 Å². The molecule has 1 aliphatic rings. The average molecular weight is 277 g/mol. The molecule has 3 nitrogen and oxygen atoms in total. The SMILES string of the molecule is COc1ccc(C)cc1C(O)CCN1CCCCCC1. The molecule has 0 aliphatic carbocycles. The second kappa shape index (κ2) is 7.65. The molecule has 1 aromatic rings. The average Bonchev–Trinajstić information content (AvgIpc) is 2.73. The highest BCUT2D eigenvalue weighted by Gasteiger charge is 2.16. The van der Waals surface area contributed by atoms with E-state index in [4.69, 9.17) is 4.74 Å². The summed E-state index contributed by atoms with van der Waals surface area (Å²) in [5.41, 5.74) is 2.08. The van der Waals surface area contributed by atoms with Crippen LogP contribution in [0.4, 0.5) is 0 Å². The minimum Gasteiger partial charge on any atom is -0.496 e. The molecule has 1 fully saturated rings. The van der Waals surface area contributed by atoms with Crippen LogP contribution in [0.5, 0.6) is 5.75 Å². The Hall–Kier alpha value is -1.06. The van der Waals surface area contributed by atoms with Crippen LogP contribution in [0.25, 0.3) is 0 Å². The quantitative estimate of drug-likeness (QED) is 0.896. The molecule has 1 aromatic carbocycles. The topological polar surface area (TPSA) is 32.7 Å². The molecule has 2 rings (SSSR count). The first kappa shape index (κ1) is 15.3. The van der Waals surface area contributed by atoms with Gasteiger partial charge in [-0.15, -0.1) is 0 Å². The number of likely N-dealkylation sites (tertiary alicyclic amines) is 1. The number of nitrogens with zero attached hydrogens (tertiary/aromatic N) is 1. The van der Waals surface area contributed by atoms with E-state index in [2.05, 4.69) is 4.90 Å². The van der Waals surface area contributed by atoms with Crippen LogP contribution in [0.15, 0.2) is 18.2 Å². The zero-order valence-corrected chi connectivity index (χ0v) is 12.8. The molecule has 0 aromatic heterocycles. The van der Waals surface area contributed by atoms with Crippen molar-refractivity contribution in [2.45, 2.75) is 45.1 Å². The highest BCUT2D eigenvalue weighted by atomic mass is 16.5. The van der Waals surface area contributed by atoms with E-state index < -0.39 is 6.10 Å². The van der Waals surface area contributed by atoms with Crippen LogP contribution < -0.4 is 4.74 Å². The van der Waals surface area contributed by atoms with Gasteiger partial charge in [-0.3, -0.25) is 0 Å². The van der Waals surface area contributed by atoms with E-state index in [1.807, 2.05) is 25.1 Å². The molecule has 0 spiro atoms. The van der Waals surface area contributed by atoms with E-state index in [0.29, 0.717) is 0 Å². The summed E-state index contributed by atoms with van der Waals surface area (Å²) in [6.07, 6.45) is 5.64. The van der Waals surface area contributed by atoms with Gasteiger partial charge in [0.1, 0.15) is 5.75 Å². The number of benzene rings is 1. The summed E-state index contributed by atoms with van der Waals surface area (Å²) in [6, 6.07) is 6.00. The van der Waals surface area contributed by atoms with Gasteiger partial charge in [0, 0.05) is 12.1 Å². The molecule has 1 aliphatic heterocycles. The monoisotopic (exact) mass is 277 g/mol. The largest absolute Gasteiger partial charge is 0.496 e. The summed E-state index contributed by atoms with van der Waals surface area (Å²) in [4.78, 5) is 2.48. The van der Waals surface area contributed by atoms with E-state index in [9.17, 15) is 5.11 Å². The van der Waals surface area contributed by atoms with Gasteiger partial charge in [0.15, 0.2) is 0 Å². The first-order valence-corrected chi connectivity index (χ1v) is 7.75. The molecule has 3 heteroatoms. The van der Waals surface area contributed by atoms with Crippen molar-refractivity contribution in [2.24, 2.45) is 0 Å². The Kier molecular flexibility index (Phi) is 5.86. The van der Waals surface area contributed by atoms with Crippen LogP contribution in [-0.4, -0.2) is 36.8 Å². The third kappa shape index (κ3) is 4.22. The van der Waals surface area contributed by atoms with Gasteiger partial charge in [0.2, 0.25) is 0 Å². The fraction of sp³-hybridized carbons (Fsp3) is 0.647. The van der Waals surface area contributed by atoms with Gasteiger partial charge in [-0.25, -0.2) is 0 Å². The highest BCUT2D eigenvalue weighted by molar-refractivity contribution is 5.38. The van der Waals surface area contributed by atoms with Gasteiger partial charge in [-0.05, 0) is 51.4 Å². The van der Waals surface area contributed by atoms with Gasteiger partial charge < -0.3 is 14.7 Å². The van der Waals surface area contributed by atoms with E-state index in [0.717, 1.165) is 29.8 Å². The summed E-state index contributed by atoms with van der Waals surface area (Å²) in [7, 11) is 1.66. The molecule has 0 radical (unpaired) electrons. The number of methoxy groups -OCH3 is 1.